The number of carboxylic acids is 1. The molecule has 0 radical (unpaired) electrons. The van der Waals surface area contributed by atoms with Crippen molar-refractivity contribution in [1.82, 2.24) is 0 Å². The van der Waals surface area contributed by atoms with Gasteiger partial charge in [-0.3, -0.25) is 4.79 Å². The van der Waals surface area contributed by atoms with Crippen LogP contribution in [0.15, 0.2) is 0 Å². The molecule has 0 spiro atoms. The number of rotatable bonds is 1. The molecule has 0 unspecified atom stereocenters. The largest absolute Gasteiger partial charge is 0.481 e. The molecule has 2 saturated carbocycles. The fourth-order valence-corrected chi connectivity index (χ4v) is 3.24. The third-order valence-electron chi connectivity index (χ3n) is 4.54. The summed E-state index contributed by atoms with van der Waals surface area (Å²) in [4.78, 5) is 11.2. The summed E-state index contributed by atoms with van der Waals surface area (Å²) in [6.45, 7) is 3.38. The summed E-state index contributed by atoms with van der Waals surface area (Å²) in [5, 5.41) is 19.4. The van der Waals surface area contributed by atoms with Crippen molar-refractivity contribution in [2.24, 2.45) is 17.3 Å². The van der Waals surface area contributed by atoms with Crippen LogP contribution in [-0.2, 0) is 4.79 Å². The number of aliphatic carboxylic acids is 1. The maximum Gasteiger partial charge on any atom is 0.312 e. The Morgan fingerprint density at radius 1 is 1.31 bits per heavy atom. The predicted molar refractivity (Wildman–Crippen MR) is 47.2 cm³/mol. The lowest BCUT2D eigenvalue weighted by atomic mass is 9.65. The second-order valence-electron chi connectivity index (χ2n) is 4.86. The Hall–Kier alpha value is -0.570. The van der Waals surface area contributed by atoms with Gasteiger partial charge in [-0.25, -0.2) is 0 Å². The topological polar surface area (TPSA) is 57.5 Å². The van der Waals surface area contributed by atoms with Gasteiger partial charge in [0.25, 0.3) is 0 Å². The minimum Gasteiger partial charge on any atom is -0.481 e. The van der Waals surface area contributed by atoms with Crippen molar-refractivity contribution < 1.29 is 15.0 Å². The molecule has 3 heteroatoms. The monoisotopic (exact) mass is 184 g/mol. The number of hydrogen-bond donors (Lipinski definition) is 2. The molecule has 0 heterocycles. The van der Waals surface area contributed by atoms with Crippen LogP contribution in [0.1, 0.15) is 33.1 Å². The quantitative estimate of drug-likeness (QED) is 0.645. The normalized spacial score (nSPS) is 54.1. The Morgan fingerprint density at radius 3 is 2.15 bits per heavy atom. The SMILES string of the molecule is C[C@]1(O)[C@H]2CC[C@H](C2)[C@@]1(C)C(=O)O. The highest BCUT2D eigenvalue weighted by Gasteiger charge is 2.66. The van der Waals surface area contributed by atoms with E-state index < -0.39 is 17.0 Å². The Labute approximate surface area is 77.8 Å². The van der Waals surface area contributed by atoms with Gasteiger partial charge in [-0.05, 0) is 44.9 Å². The number of fused-ring (bicyclic) bond motifs is 2. The van der Waals surface area contributed by atoms with Gasteiger partial charge in [0.15, 0.2) is 0 Å². The lowest BCUT2D eigenvalue weighted by Crippen LogP contribution is -2.53. The highest BCUT2D eigenvalue weighted by atomic mass is 16.4. The number of aliphatic hydroxyl groups is 1. The molecular weight excluding hydrogens is 168 g/mol. The highest BCUT2D eigenvalue weighted by molar-refractivity contribution is 5.77. The standard InChI is InChI=1S/C10H16O3/c1-9(8(11)12)6-3-4-7(5-6)10(9,2)13/h6-7,13H,3-5H2,1-2H3,(H,11,12)/t6-,7+,9+,10+/m1/s1. The van der Waals surface area contributed by atoms with Gasteiger partial charge in [0.05, 0.1) is 11.0 Å². The van der Waals surface area contributed by atoms with Crippen molar-refractivity contribution in [3.63, 3.8) is 0 Å². The van der Waals surface area contributed by atoms with Crippen LogP contribution < -0.4 is 0 Å². The van der Waals surface area contributed by atoms with Gasteiger partial charge in [0.1, 0.15) is 0 Å². The van der Waals surface area contributed by atoms with Gasteiger partial charge in [0, 0.05) is 0 Å². The molecular formula is C10H16O3. The van der Waals surface area contributed by atoms with E-state index in [9.17, 15) is 15.0 Å². The van der Waals surface area contributed by atoms with Crippen LogP contribution >= 0.6 is 0 Å². The van der Waals surface area contributed by atoms with E-state index in [2.05, 4.69) is 0 Å². The minimum atomic E-state index is -1.01. The molecule has 2 bridgehead atoms. The first-order chi connectivity index (χ1) is 5.90. The van der Waals surface area contributed by atoms with Gasteiger partial charge in [-0.2, -0.15) is 0 Å². The van der Waals surface area contributed by atoms with Crippen molar-refractivity contribution in [2.75, 3.05) is 0 Å². The third kappa shape index (κ3) is 0.810. The summed E-state index contributed by atoms with van der Waals surface area (Å²) in [6, 6.07) is 0. The van der Waals surface area contributed by atoms with E-state index in [0.29, 0.717) is 0 Å². The molecule has 0 aromatic rings. The minimum absolute atomic E-state index is 0.171. The Balaban J connectivity index is 2.43. The first-order valence-electron chi connectivity index (χ1n) is 4.86. The van der Waals surface area contributed by atoms with Gasteiger partial charge < -0.3 is 10.2 Å². The lowest BCUT2D eigenvalue weighted by Gasteiger charge is -2.42. The van der Waals surface area contributed by atoms with Crippen LogP contribution in [-0.4, -0.2) is 21.8 Å². The molecule has 2 aliphatic carbocycles. The molecule has 3 nitrogen and oxygen atoms in total. The van der Waals surface area contributed by atoms with Crippen molar-refractivity contribution in [3.05, 3.63) is 0 Å². The number of carboxylic acid groups (broad SMARTS) is 1. The molecule has 0 aromatic heterocycles. The maximum absolute atomic E-state index is 11.2. The summed E-state index contributed by atoms with van der Waals surface area (Å²) in [5.41, 5.74) is -1.93. The molecule has 74 valence electrons. The van der Waals surface area contributed by atoms with Crippen LogP contribution in [0.3, 0.4) is 0 Å². The Bertz CT molecular complexity index is 259. The summed E-state index contributed by atoms with van der Waals surface area (Å²) in [6.07, 6.45) is 2.83. The van der Waals surface area contributed by atoms with Crippen LogP contribution in [0.25, 0.3) is 0 Å². The van der Waals surface area contributed by atoms with Gasteiger partial charge in [-0.1, -0.05) is 0 Å². The van der Waals surface area contributed by atoms with E-state index in [1.165, 1.54) is 0 Å². The number of hydrogen-bond acceptors (Lipinski definition) is 2. The second-order valence-corrected chi connectivity index (χ2v) is 4.86. The van der Waals surface area contributed by atoms with E-state index in [0.717, 1.165) is 19.3 Å². The third-order valence-corrected chi connectivity index (χ3v) is 4.54. The molecule has 2 fully saturated rings. The van der Waals surface area contributed by atoms with Crippen LogP contribution in [0.2, 0.25) is 0 Å². The summed E-state index contributed by atoms with van der Waals surface area (Å²) < 4.78 is 0. The van der Waals surface area contributed by atoms with Gasteiger partial charge >= 0.3 is 5.97 Å². The van der Waals surface area contributed by atoms with Crippen LogP contribution in [0.5, 0.6) is 0 Å². The smallest absolute Gasteiger partial charge is 0.312 e. The summed E-state index contributed by atoms with van der Waals surface area (Å²) in [7, 11) is 0. The van der Waals surface area contributed by atoms with Gasteiger partial charge in [0.2, 0.25) is 0 Å². The Kier molecular flexibility index (Phi) is 1.57. The molecule has 0 amide bonds. The molecule has 2 aliphatic rings. The molecule has 2 rings (SSSR count). The van der Waals surface area contributed by atoms with Crippen LogP contribution in [0, 0.1) is 17.3 Å². The average molecular weight is 184 g/mol. The number of carbonyl (C=O) groups is 1. The fraction of sp³-hybridized carbons (Fsp3) is 0.900. The Morgan fingerprint density at radius 2 is 1.85 bits per heavy atom. The fourth-order valence-electron chi connectivity index (χ4n) is 3.24. The first-order valence-corrected chi connectivity index (χ1v) is 4.86. The van der Waals surface area contributed by atoms with Gasteiger partial charge in [-0.15, -0.1) is 0 Å². The maximum atomic E-state index is 11.2. The first kappa shape index (κ1) is 9.00. The molecule has 13 heavy (non-hydrogen) atoms. The lowest BCUT2D eigenvalue weighted by molar-refractivity contribution is -0.173. The van der Waals surface area contributed by atoms with Crippen LogP contribution in [0.4, 0.5) is 0 Å². The van der Waals surface area contributed by atoms with Crippen molar-refractivity contribution >= 4 is 5.97 Å². The average Bonchev–Trinajstić information content (AvgIpc) is 2.54. The van der Waals surface area contributed by atoms with E-state index in [4.69, 9.17) is 0 Å². The molecule has 0 aliphatic heterocycles. The predicted octanol–water partition coefficient (Wildman–Crippen LogP) is 1.26. The van der Waals surface area contributed by atoms with E-state index in [1.807, 2.05) is 0 Å². The molecule has 0 saturated heterocycles. The van der Waals surface area contributed by atoms with E-state index in [1.54, 1.807) is 13.8 Å². The van der Waals surface area contributed by atoms with E-state index in [-0.39, 0.29) is 11.8 Å². The molecule has 0 aromatic carbocycles. The second kappa shape index (κ2) is 2.27. The molecule has 2 N–H and O–H groups in total. The summed E-state index contributed by atoms with van der Waals surface area (Å²) in [5.74, 6) is -0.478. The highest BCUT2D eigenvalue weighted by Crippen LogP contribution is 2.61. The zero-order valence-electron chi connectivity index (χ0n) is 8.08. The zero-order valence-corrected chi connectivity index (χ0v) is 8.08. The summed E-state index contributed by atoms with van der Waals surface area (Å²) >= 11 is 0. The zero-order chi connectivity index (χ0) is 9.85. The van der Waals surface area contributed by atoms with E-state index >= 15 is 0 Å². The molecule has 4 atom stereocenters. The van der Waals surface area contributed by atoms with Crippen molar-refractivity contribution in [3.8, 4) is 0 Å². The van der Waals surface area contributed by atoms with Crippen molar-refractivity contribution in [1.29, 1.82) is 0 Å². The van der Waals surface area contributed by atoms with Crippen molar-refractivity contribution in [2.45, 2.75) is 38.7 Å².